The van der Waals surface area contributed by atoms with E-state index in [1.165, 1.54) is 16.1 Å². The minimum absolute atomic E-state index is 0.950. The van der Waals surface area contributed by atoms with Crippen LogP contribution in [0.15, 0.2) is 41.8 Å². The Morgan fingerprint density at radius 1 is 1.17 bits per heavy atom. The first-order chi connectivity index (χ1) is 8.79. The summed E-state index contributed by atoms with van der Waals surface area (Å²) >= 11 is 1.81. The van der Waals surface area contributed by atoms with Crippen LogP contribution >= 0.6 is 11.3 Å². The first-order valence-corrected chi connectivity index (χ1v) is 7.20. The maximum atomic E-state index is 3.34. The number of anilines is 1. The Hall–Kier alpha value is -1.32. The Kier molecular flexibility index (Phi) is 4.79. The SMILES string of the molecule is CCNCc1ccc(N(C)Cc2cccs2)cc1. The molecule has 18 heavy (non-hydrogen) atoms. The van der Waals surface area contributed by atoms with E-state index in [0.29, 0.717) is 0 Å². The van der Waals surface area contributed by atoms with Crippen molar-refractivity contribution in [2.24, 2.45) is 0 Å². The summed E-state index contributed by atoms with van der Waals surface area (Å²) in [5, 5.41) is 5.47. The van der Waals surface area contributed by atoms with Gasteiger partial charge in [-0.3, -0.25) is 0 Å². The van der Waals surface area contributed by atoms with Gasteiger partial charge in [0.1, 0.15) is 0 Å². The highest BCUT2D eigenvalue weighted by Crippen LogP contribution is 2.18. The molecule has 1 N–H and O–H groups in total. The van der Waals surface area contributed by atoms with Crippen LogP contribution in [0, 0.1) is 0 Å². The third-order valence-corrected chi connectivity index (χ3v) is 3.79. The van der Waals surface area contributed by atoms with Gasteiger partial charge >= 0.3 is 0 Å². The van der Waals surface area contributed by atoms with E-state index in [1.807, 2.05) is 11.3 Å². The molecule has 1 aromatic heterocycles. The molecule has 0 aliphatic carbocycles. The van der Waals surface area contributed by atoms with E-state index in [2.05, 4.69) is 66.0 Å². The Labute approximate surface area is 113 Å². The van der Waals surface area contributed by atoms with Crippen molar-refractivity contribution < 1.29 is 0 Å². The van der Waals surface area contributed by atoms with E-state index >= 15 is 0 Å². The van der Waals surface area contributed by atoms with Gasteiger partial charge in [0.15, 0.2) is 0 Å². The van der Waals surface area contributed by atoms with Gasteiger partial charge < -0.3 is 10.2 Å². The molecule has 2 aromatic rings. The Morgan fingerprint density at radius 3 is 2.56 bits per heavy atom. The number of nitrogens with zero attached hydrogens (tertiary/aromatic N) is 1. The molecule has 96 valence electrons. The van der Waals surface area contributed by atoms with Gasteiger partial charge in [-0.15, -0.1) is 11.3 Å². The lowest BCUT2D eigenvalue weighted by atomic mass is 10.2. The van der Waals surface area contributed by atoms with E-state index in [-0.39, 0.29) is 0 Å². The molecule has 0 fully saturated rings. The molecular weight excluding hydrogens is 240 g/mol. The monoisotopic (exact) mass is 260 g/mol. The molecule has 0 saturated heterocycles. The molecule has 0 saturated carbocycles. The van der Waals surface area contributed by atoms with Crippen LogP contribution in [0.4, 0.5) is 5.69 Å². The molecule has 0 aliphatic rings. The van der Waals surface area contributed by atoms with Crippen molar-refractivity contribution in [3.8, 4) is 0 Å². The second-order valence-corrected chi connectivity index (χ2v) is 5.41. The minimum atomic E-state index is 0.950. The standard InChI is InChI=1S/C15H20N2S/c1-3-16-11-13-6-8-14(9-7-13)17(2)12-15-5-4-10-18-15/h4-10,16H,3,11-12H2,1-2H3. The molecule has 0 bridgehead atoms. The van der Waals surface area contributed by atoms with E-state index in [1.54, 1.807) is 0 Å². The molecule has 0 aliphatic heterocycles. The topological polar surface area (TPSA) is 15.3 Å². The van der Waals surface area contributed by atoms with Crippen LogP contribution in [0.2, 0.25) is 0 Å². The largest absolute Gasteiger partial charge is 0.369 e. The molecule has 1 heterocycles. The molecule has 2 nitrogen and oxygen atoms in total. The normalized spacial score (nSPS) is 10.6. The highest BCUT2D eigenvalue weighted by Gasteiger charge is 2.02. The summed E-state index contributed by atoms with van der Waals surface area (Å²) in [6.07, 6.45) is 0. The van der Waals surface area contributed by atoms with Crippen molar-refractivity contribution >= 4 is 17.0 Å². The molecule has 2 rings (SSSR count). The summed E-state index contributed by atoms with van der Waals surface area (Å²) in [6.45, 7) is 5.07. The zero-order valence-electron chi connectivity index (χ0n) is 11.0. The summed E-state index contributed by atoms with van der Waals surface area (Å²) in [7, 11) is 2.14. The third-order valence-electron chi connectivity index (χ3n) is 2.93. The summed E-state index contributed by atoms with van der Waals surface area (Å²) in [6, 6.07) is 13.1. The summed E-state index contributed by atoms with van der Waals surface area (Å²) < 4.78 is 0. The zero-order chi connectivity index (χ0) is 12.8. The second kappa shape index (κ2) is 6.57. The van der Waals surface area contributed by atoms with Crippen molar-refractivity contribution in [3.63, 3.8) is 0 Å². The number of rotatable bonds is 6. The van der Waals surface area contributed by atoms with Gasteiger partial charge in [0.2, 0.25) is 0 Å². The van der Waals surface area contributed by atoms with Crippen LogP contribution in [-0.2, 0) is 13.1 Å². The number of thiophene rings is 1. The number of nitrogens with one attached hydrogen (secondary N) is 1. The number of hydrogen-bond acceptors (Lipinski definition) is 3. The highest BCUT2D eigenvalue weighted by atomic mass is 32.1. The van der Waals surface area contributed by atoms with Crippen molar-refractivity contribution in [2.75, 3.05) is 18.5 Å². The zero-order valence-corrected chi connectivity index (χ0v) is 11.8. The predicted octanol–water partition coefficient (Wildman–Crippen LogP) is 3.49. The van der Waals surface area contributed by atoms with Crippen LogP contribution in [0.5, 0.6) is 0 Å². The Bertz CT molecular complexity index is 448. The maximum absolute atomic E-state index is 3.34. The molecule has 1 aromatic carbocycles. The molecule has 3 heteroatoms. The fourth-order valence-corrected chi connectivity index (χ4v) is 2.62. The second-order valence-electron chi connectivity index (χ2n) is 4.38. The van der Waals surface area contributed by atoms with Gasteiger partial charge in [0.25, 0.3) is 0 Å². The average molecular weight is 260 g/mol. The molecular formula is C15H20N2S. The van der Waals surface area contributed by atoms with Crippen molar-refractivity contribution in [3.05, 3.63) is 52.2 Å². The van der Waals surface area contributed by atoms with Crippen molar-refractivity contribution in [1.82, 2.24) is 5.32 Å². The molecule has 0 radical (unpaired) electrons. The molecule has 0 unspecified atom stereocenters. The fourth-order valence-electron chi connectivity index (χ4n) is 1.87. The number of benzene rings is 1. The molecule has 0 spiro atoms. The van der Waals surface area contributed by atoms with Gasteiger partial charge in [-0.1, -0.05) is 25.1 Å². The van der Waals surface area contributed by atoms with E-state index in [9.17, 15) is 0 Å². The van der Waals surface area contributed by atoms with Gasteiger partial charge in [0, 0.05) is 24.2 Å². The first kappa shape index (κ1) is 13.1. The van der Waals surface area contributed by atoms with Crippen LogP contribution in [-0.4, -0.2) is 13.6 Å². The average Bonchev–Trinajstić information content (AvgIpc) is 2.89. The minimum Gasteiger partial charge on any atom is -0.369 e. The summed E-state index contributed by atoms with van der Waals surface area (Å²) in [5.74, 6) is 0. The summed E-state index contributed by atoms with van der Waals surface area (Å²) in [5.41, 5.74) is 2.61. The molecule has 0 atom stereocenters. The van der Waals surface area contributed by atoms with Gasteiger partial charge in [0.05, 0.1) is 6.54 Å². The van der Waals surface area contributed by atoms with Gasteiger partial charge in [-0.05, 0) is 35.7 Å². The molecule has 0 amide bonds. The van der Waals surface area contributed by atoms with Crippen LogP contribution in [0.25, 0.3) is 0 Å². The lowest BCUT2D eigenvalue weighted by molar-refractivity contribution is 0.727. The Morgan fingerprint density at radius 2 is 1.94 bits per heavy atom. The maximum Gasteiger partial charge on any atom is 0.0519 e. The van der Waals surface area contributed by atoms with Crippen LogP contribution < -0.4 is 10.2 Å². The quantitative estimate of drug-likeness (QED) is 0.855. The van der Waals surface area contributed by atoms with Crippen molar-refractivity contribution in [1.29, 1.82) is 0 Å². The van der Waals surface area contributed by atoms with Gasteiger partial charge in [-0.25, -0.2) is 0 Å². The lowest BCUT2D eigenvalue weighted by Gasteiger charge is -2.18. The summed E-state index contributed by atoms with van der Waals surface area (Å²) in [4.78, 5) is 3.68. The van der Waals surface area contributed by atoms with Crippen LogP contribution in [0.3, 0.4) is 0 Å². The fraction of sp³-hybridized carbons (Fsp3) is 0.333. The van der Waals surface area contributed by atoms with Crippen LogP contribution in [0.1, 0.15) is 17.4 Å². The van der Waals surface area contributed by atoms with E-state index < -0.39 is 0 Å². The van der Waals surface area contributed by atoms with E-state index in [0.717, 1.165) is 19.6 Å². The smallest absolute Gasteiger partial charge is 0.0519 e. The lowest BCUT2D eigenvalue weighted by Crippen LogP contribution is -2.16. The highest BCUT2D eigenvalue weighted by molar-refractivity contribution is 7.09. The third kappa shape index (κ3) is 3.59. The van der Waals surface area contributed by atoms with Gasteiger partial charge in [-0.2, -0.15) is 0 Å². The van der Waals surface area contributed by atoms with E-state index in [4.69, 9.17) is 0 Å². The number of hydrogen-bond donors (Lipinski definition) is 1. The predicted molar refractivity (Wildman–Crippen MR) is 80.2 cm³/mol. The first-order valence-electron chi connectivity index (χ1n) is 6.32. The Balaban J connectivity index is 1.96. The van der Waals surface area contributed by atoms with Crippen molar-refractivity contribution in [2.45, 2.75) is 20.0 Å².